The van der Waals surface area contributed by atoms with Gasteiger partial charge in [0.05, 0.1) is 23.2 Å². The average molecular weight is 604 g/mol. The molecule has 0 aliphatic rings. The molecule has 0 fully saturated rings. The molecule has 1 aromatic heterocycles. The van der Waals surface area contributed by atoms with E-state index in [0.29, 0.717) is 18.4 Å². The fourth-order valence-electron chi connectivity index (χ4n) is 7.15. The van der Waals surface area contributed by atoms with Crippen LogP contribution in [0.4, 0.5) is 0 Å². The van der Waals surface area contributed by atoms with E-state index >= 15 is 0 Å². The third-order valence-corrected chi connectivity index (χ3v) is 9.97. The van der Waals surface area contributed by atoms with E-state index in [0.717, 1.165) is 80.0 Å². The first-order valence-corrected chi connectivity index (χ1v) is 17.5. The highest BCUT2D eigenvalue weighted by molar-refractivity contribution is 6.37. The number of benzene rings is 5. The summed E-state index contributed by atoms with van der Waals surface area (Å²) in [7, 11) is 12.9. The van der Waals surface area contributed by atoms with Gasteiger partial charge in [0.2, 0.25) is 0 Å². The normalized spacial score (nSPS) is 13.2. The van der Waals surface area contributed by atoms with Gasteiger partial charge in [-0.2, -0.15) is 0 Å². The number of nitrogens with zero attached hydrogens (tertiary/aromatic N) is 2. The second-order valence-electron chi connectivity index (χ2n) is 13.2. The van der Waals surface area contributed by atoms with Gasteiger partial charge < -0.3 is 9.30 Å². The van der Waals surface area contributed by atoms with Gasteiger partial charge in [-0.05, 0) is 52.3 Å². The van der Waals surface area contributed by atoms with E-state index in [1.807, 2.05) is 12.1 Å². The lowest BCUT2D eigenvalue weighted by atomic mass is 9.88. The first kappa shape index (κ1) is 32.2. The van der Waals surface area contributed by atoms with Crippen molar-refractivity contribution >= 4 is 70.0 Å². The van der Waals surface area contributed by atoms with E-state index in [4.69, 9.17) is 25.4 Å². The third kappa shape index (κ3) is 6.31. The van der Waals surface area contributed by atoms with Crippen LogP contribution in [0.3, 0.4) is 0 Å². The van der Waals surface area contributed by atoms with Crippen LogP contribution < -0.4 is 15.7 Å². The number of fused-ring (bicyclic) bond motifs is 7. The van der Waals surface area contributed by atoms with Crippen LogP contribution in [-0.2, 0) is 6.54 Å². The summed E-state index contributed by atoms with van der Waals surface area (Å²) in [4.78, 5) is 5.59. The van der Waals surface area contributed by atoms with Crippen LogP contribution in [0.1, 0.15) is 79.1 Å². The number of ether oxygens (including phenoxy) is 1. The molecule has 5 aromatic carbocycles. The van der Waals surface area contributed by atoms with Crippen LogP contribution in [0.2, 0.25) is 0 Å². The summed E-state index contributed by atoms with van der Waals surface area (Å²) < 4.78 is 9.31. The molecule has 46 heavy (non-hydrogen) atoms. The molecule has 0 aliphatic carbocycles. The van der Waals surface area contributed by atoms with Crippen molar-refractivity contribution in [2.75, 3.05) is 6.61 Å². The van der Waals surface area contributed by atoms with Gasteiger partial charge in [0.15, 0.2) is 0 Å². The first-order valence-electron chi connectivity index (χ1n) is 17.5. The fourth-order valence-corrected chi connectivity index (χ4v) is 7.15. The van der Waals surface area contributed by atoms with Crippen molar-refractivity contribution in [2.24, 2.45) is 11.8 Å². The van der Waals surface area contributed by atoms with Crippen LogP contribution in [0.15, 0.2) is 72.8 Å². The molecule has 0 saturated carbocycles. The van der Waals surface area contributed by atoms with Gasteiger partial charge in [-0.25, -0.2) is 4.98 Å². The Labute approximate surface area is 277 Å². The molecule has 232 valence electrons. The Morgan fingerprint density at radius 1 is 0.696 bits per heavy atom. The Balaban J connectivity index is 1.68. The second-order valence-corrected chi connectivity index (χ2v) is 13.2. The van der Waals surface area contributed by atoms with Crippen molar-refractivity contribution in [3.63, 3.8) is 0 Å². The first-order chi connectivity index (χ1) is 22.5. The van der Waals surface area contributed by atoms with Gasteiger partial charge in [0.1, 0.15) is 27.3 Å². The number of unbranched alkanes of at least 4 members (excludes halogenated alkanes) is 2. The Bertz CT molecular complexity index is 1980. The minimum absolute atomic E-state index is 0.515. The van der Waals surface area contributed by atoms with E-state index in [9.17, 15) is 0 Å². The zero-order chi connectivity index (χ0) is 32.2. The van der Waals surface area contributed by atoms with Crippen LogP contribution in [0.5, 0.6) is 5.75 Å². The average Bonchev–Trinajstić information content (AvgIpc) is 3.45. The zero-order valence-electron chi connectivity index (χ0n) is 28.1. The maximum atomic E-state index is 6.82. The topological polar surface area (TPSA) is 27.1 Å². The zero-order valence-corrected chi connectivity index (χ0v) is 28.1. The predicted molar refractivity (Wildman–Crippen MR) is 201 cm³/mol. The van der Waals surface area contributed by atoms with Crippen LogP contribution in [0.25, 0.3) is 54.7 Å². The SMILES string of the molecule is [B]c1ccc2c3ccc([B])cc3c3c(nc(-c4c(OCC(CC)CCCC)ccc5ccccc45)n3CC(CC)CCCC)c2c1. The van der Waals surface area contributed by atoms with Gasteiger partial charge in [-0.3, -0.25) is 0 Å². The molecule has 6 aromatic rings. The molecule has 0 N–H and O–H groups in total. The monoisotopic (exact) mass is 604 g/mol. The quantitative estimate of drug-likeness (QED) is 0.0915. The molecule has 3 nitrogen and oxygen atoms in total. The molecule has 0 amide bonds. The maximum Gasteiger partial charge on any atom is 0.145 e. The van der Waals surface area contributed by atoms with Crippen molar-refractivity contribution in [3.05, 3.63) is 72.8 Å². The van der Waals surface area contributed by atoms with Crippen molar-refractivity contribution in [1.29, 1.82) is 0 Å². The molecule has 2 unspecified atom stereocenters. The van der Waals surface area contributed by atoms with E-state index in [1.54, 1.807) is 0 Å². The summed E-state index contributed by atoms with van der Waals surface area (Å²) in [5.74, 6) is 2.90. The second kappa shape index (κ2) is 14.4. The molecular formula is C41H46B2N2O. The maximum absolute atomic E-state index is 6.82. The summed E-state index contributed by atoms with van der Waals surface area (Å²) in [5, 5.41) is 6.85. The van der Waals surface area contributed by atoms with Gasteiger partial charge in [0.25, 0.3) is 0 Å². The number of imidazole rings is 1. The lowest BCUT2D eigenvalue weighted by Crippen LogP contribution is -2.14. The van der Waals surface area contributed by atoms with Gasteiger partial charge in [-0.1, -0.05) is 144 Å². The molecule has 1 heterocycles. The highest BCUT2D eigenvalue weighted by atomic mass is 16.5. The largest absolute Gasteiger partial charge is 0.493 e. The van der Waals surface area contributed by atoms with E-state index < -0.39 is 0 Å². The smallest absolute Gasteiger partial charge is 0.145 e. The van der Waals surface area contributed by atoms with Crippen molar-refractivity contribution in [2.45, 2.75) is 85.6 Å². The van der Waals surface area contributed by atoms with Gasteiger partial charge >= 0.3 is 0 Å². The Morgan fingerprint density at radius 2 is 1.35 bits per heavy atom. The summed E-state index contributed by atoms with van der Waals surface area (Å²) in [5.41, 5.74) is 4.65. The molecule has 0 bridgehead atoms. The molecule has 6 rings (SSSR count). The Morgan fingerprint density at radius 3 is 2.04 bits per heavy atom. The van der Waals surface area contributed by atoms with E-state index in [-0.39, 0.29) is 0 Å². The molecule has 0 saturated heterocycles. The highest BCUT2D eigenvalue weighted by Crippen LogP contribution is 2.43. The van der Waals surface area contributed by atoms with Crippen LogP contribution in [0, 0.1) is 11.8 Å². The van der Waals surface area contributed by atoms with Crippen LogP contribution in [-0.4, -0.2) is 31.9 Å². The Kier molecular flexibility index (Phi) is 10.1. The molecule has 4 radical (unpaired) electrons. The van der Waals surface area contributed by atoms with Crippen molar-refractivity contribution in [1.82, 2.24) is 9.55 Å². The van der Waals surface area contributed by atoms with Gasteiger partial charge in [0, 0.05) is 17.3 Å². The number of aromatic nitrogens is 2. The summed E-state index contributed by atoms with van der Waals surface area (Å²) in [6, 6.07) is 25.5. The van der Waals surface area contributed by atoms with Crippen LogP contribution >= 0.6 is 0 Å². The summed E-state index contributed by atoms with van der Waals surface area (Å²) in [6.07, 6.45) is 9.42. The van der Waals surface area contributed by atoms with E-state index in [2.05, 4.69) is 92.9 Å². The summed E-state index contributed by atoms with van der Waals surface area (Å²) in [6.45, 7) is 10.7. The van der Waals surface area contributed by atoms with Crippen molar-refractivity contribution in [3.8, 4) is 17.1 Å². The molecular weight excluding hydrogens is 558 g/mol. The number of rotatable bonds is 14. The van der Waals surface area contributed by atoms with E-state index in [1.165, 1.54) is 49.3 Å². The standard InChI is InChI=1S/C41H46B2N2O/c1-5-9-13-27(7-3)25-45-40-36-24-31(43)19-21-34(36)33-20-18-30(42)23-35(33)39(40)44-41(45)38-32-16-12-11-15-29(32)17-22-37(38)46-26-28(8-4)14-10-6-2/h11-12,15-24,27-28H,5-10,13-14,25-26H2,1-4H3. The Hall–Kier alpha value is -3.72. The molecule has 0 spiro atoms. The number of hydrogen-bond acceptors (Lipinski definition) is 2. The summed E-state index contributed by atoms with van der Waals surface area (Å²) >= 11 is 0. The molecule has 2 atom stereocenters. The lowest BCUT2D eigenvalue weighted by Gasteiger charge is -2.22. The third-order valence-electron chi connectivity index (χ3n) is 9.97. The highest BCUT2D eigenvalue weighted by Gasteiger charge is 2.25. The minimum Gasteiger partial charge on any atom is -0.493 e. The van der Waals surface area contributed by atoms with Gasteiger partial charge in [-0.15, -0.1) is 0 Å². The fraction of sp³-hybridized carbons (Fsp3) is 0.390. The van der Waals surface area contributed by atoms with Crippen molar-refractivity contribution < 1.29 is 4.74 Å². The number of hydrogen-bond donors (Lipinski definition) is 0. The lowest BCUT2D eigenvalue weighted by molar-refractivity contribution is 0.234. The predicted octanol–water partition coefficient (Wildman–Crippen LogP) is 9.56. The molecule has 5 heteroatoms. The minimum atomic E-state index is 0.515. The molecule has 0 aliphatic heterocycles.